The highest BCUT2D eigenvalue weighted by Crippen LogP contribution is 2.62. The number of benzene rings is 1. The van der Waals surface area contributed by atoms with Gasteiger partial charge < -0.3 is 9.47 Å². The maximum absolute atomic E-state index is 6.57. The van der Waals surface area contributed by atoms with Crippen molar-refractivity contribution in [2.45, 2.75) is 110 Å². The third-order valence-electron chi connectivity index (χ3n) is 7.53. The lowest BCUT2D eigenvalue weighted by Crippen LogP contribution is -2.46. The van der Waals surface area contributed by atoms with E-state index in [1.807, 2.05) is 0 Å². The predicted molar refractivity (Wildman–Crippen MR) is 116 cm³/mol. The van der Waals surface area contributed by atoms with E-state index in [4.69, 9.17) is 9.47 Å². The van der Waals surface area contributed by atoms with Gasteiger partial charge in [0.25, 0.3) is 0 Å². The Labute approximate surface area is 172 Å². The summed E-state index contributed by atoms with van der Waals surface area (Å²) in [6, 6.07) is 6.92. The van der Waals surface area contributed by atoms with E-state index in [1.165, 1.54) is 44.1 Å². The zero-order valence-electron chi connectivity index (χ0n) is 19.1. The maximum atomic E-state index is 6.57. The lowest BCUT2D eigenvalue weighted by Gasteiger charge is -2.51. The van der Waals surface area contributed by atoms with E-state index in [0.29, 0.717) is 11.5 Å². The molecule has 1 aromatic rings. The van der Waals surface area contributed by atoms with Gasteiger partial charge in [-0.25, -0.2) is 0 Å². The number of fused-ring (bicyclic) bond motifs is 5. The molecule has 0 bridgehead atoms. The summed E-state index contributed by atoms with van der Waals surface area (Å²) in [4.78, 5) is 0. The van der Waals surface area contributed by atoms with E-state index in [-0.39, 0.29) is 11.2 Å². The molecule has 5 atom stereocenters. The van der Waals surface area contributed by atoms with Crippen LogP contribution in [-0.4, -0.2) is 17.3 Å². The Hall–Kier alpha value is -1.02. The monoisotopic (exact) mass is 384 g/mol. The van der Waals surface area contributed by atoms with Crippen molar-refractivity contribution in [3.05, 3.63) is 29.3 Å². The molecule has 0 heterocycles. The minimum Gasteiger partial charge on any atom is -0.488 e. The lowest BCUT2D eigenvalue weighted by molar-refractivity contribution is -0.125. The molecule has 3 aliphatic rings. The largest absolute Gasteiger partial charge is 0.488 e. The van der Waals surface area contributed by atoms with Gasteiger partial charge in [-0.05, 0) is 126 Å². The number of rotatable bonds is 2. The summed E-state index contributed by atoms with van der Waals surface area (Å²) >= 11 is 0. The molecule has 0 spiro atoms. The van der Waals surface area contributed by atoms with E-state index >= 15 is 0 Å². The van der Waals surface area contributed by atoms with E-state index in [0.717, 1.165) is 23.5 Å². The molecular weight excluding hydrogens is 344 g/mol. The van der Waals surface area contributed by atoms with Crippen molar-refractivity contribution in [3.63, 3.8) is 0 Å². The molecular formula is C26H40O2. The van der Waals surface area contributed by atoms with Crippen molar-refractivity contribution in [1.82, 2.24) is 0 Å². The van der Waals surface area contributed by atoms with Crippen LogP contribution in [0.15, 0.2) is 18.2 Å². The summed E-state index contributed by atoms with van der Waals surface area (Å²) in [7, 11) is 0. The van der Waals surface area contributed by atoms with Crippen LogP contribution in [0, 0.1) is 17.3 Å². The van der Waals surface area contributed by atoms with Crippen LogP contribution in [0.4, 0.5) is 0 Å². The molecule has 156 valence electrons. The number of aryl methyl sites for hydroxylation is 1. The van der Waals surface area contributed by atoms with Gasteiger partial charge in [-0.2, -0.15) is 0 Å². The number of hydrogen-bond acceptors (Lipinski definition) is 2. The zero-order valence-corrected chi connectivity index (χ0v) is 19.1. The Kier molecular flexibility index (Phi) is 4.89. The van der Waals surface area contributed by atoms with Gasteiger partial charge >= 0.3 is 0 Å². The van der Waals surface area contributed by atoms with Crippen LogP contribution in [0.25, 0.3) is 0 Å². The first kappa shape index (κ1) is 20.3. The Morgan fingerprint density at radius 1 is 0.929 bits per heavy atom. The standard InChI is InChI=1S/C26H40O2/c1-24(2,3)27-18-9-11-19-17(16-18)8-10-21-20(19)14-15-26(7)22(21)12-13-23(26)28-25(4,5)6/h9,11,16,20-23H,8,10,12-15H2,1-7H3/t20-,21-,22+,23+,26+/m1/s1. The van der Waals surface area contributed by atoms with Gasteiger partial charge in [-0.15, -0.1) is 0 Å². The molecule has 0 saturated heterocycles. The van der Waals surface area contributed by atoms with Crippen LogP contribution in [0.2, 0.25) is 0 Å². The molecule has 0 radical (unpaired) electrons. The first-order valence-corrected chi connectivity index (χ1v) is 11.5. The first-order chi connectivity index (χ1) is 13.0. The van der Waals surface area contributed by atoms with Crippen molar-refractivity contribution in [2.75, 3.05) is 0 Å². The average molecular weight is 385 g/mol. The van der Waals surface area contributed by atoms with Gasteiger partial charge in [0.05, 0.1) is 11.7 Å². The zero-order chi connectivity index (χ0) is 20.3. The SMILES string of the molecule is CC(C)(C)Oc1ccc2c(c1)CC[C@@H]1[C@@H]2CC[C@]2(C)[C@@H](OC(C)(C)C)CC[C@@H]12. The summed E-state index contributed by atoms with van der Waals surface area (Å²) in [5, 5.41) is 0. The quantitative estimate of drug-likeness (QED) is 0.552. The number of ether oxygens (including phenoxy) is 2. The minimum atomic E-state index is -0.135. The summed E-state index contributed by atoms with van der Waals surface area (Å²) in [6.45, 7) is 15.5. The van der Waals surface area contributed by atoms with E-state index in [2.05, 4.69) is 66.7 Å². The summed E-state index contributed by atoms with van der Waals surface area (Å²) < 4.78 is 12.7. The van der Waals surface area contributed by atoms with Gasteiger partial charge in [0.1, 0.15) is 11.4 Å². The van der Waals surface area contributed by atoms with Crippen molar-refractivity contribution in [3.8, 4) is 5.75 Å². The Balaban J connectivity index is 1.56. The second kappa shape index (κ2) is 6.76. The van der Waals surface area contributed by atoms with Crippen LogP contribution in [0.1, 0.15) is 97.6 Å². The molecule has 0 unspecified atom stereocenters. The van der Waals surface area contributed by atoms with Crippen LogP contribution in [0.3, 0.4) is 0 Å². The predicted octanol–water partition coefficient (Wildman–Crippen LogP) is 6.90. The smallest absolute Gasteiger partial charge is 0.120 e. The van der Waals surface area contributed by atoms with Crippen LogP contribution >= 0.6 is 0 Å². The molecule has 0 aromatic heterocycles. The fraction of sp³-hybridized carbons (Fsp3) is 0.769. The molecule has 4 rings (SSSR count). The third kappa shape index (κ3) is 3.74. The molecule has 1 aromatic carbocycles. The van der Waals surface area contributed by atoms with Crippen molar-refractivity contribution >= 4 is 0 Å². The second-order valence-corrected chi connectivity index (χ2v) is 11.8. The summed E-state index contributed by atoms with van der Waals surface area (Å²) in [5.74, 6) is 3.41. The lowest BCUT2D eigenvalue weighted by atomic mass is 9.55. The fourth-order valence-corrected chi connectivity index (χ4v) is 6.55. The molecule has 2 nitrogen and oxygen atoms in total. The Morgan fingerprint density at radius 2 is 1.68 bits per heavy atom. The van der Waals surface area contributed by atoms with Crippen LogP contribution in [-0.2, 0) is 11.2 Å². The second-order valence-electron chi connectivity index (χ2n) is 11.8. The van der Waals surface area contributed by atoms with Crippen molar-refractivity contribution in [1.29, 1.82) is 0 Å². The summed E-state index contributed by atoms with van der Waals surface area (Å²) in [6.07, 6.45) is 8.18. The van der Waals surface area contributed by atoms with Crippen LogP contribution < -0.4 is 4.74 Å². The normalized spacial score (nSPS) is 35.1. The average Bonchev–Trinajstić information content (AvgIpc) is 2.88. The van der Waals surface area contributed by atoms with Gasteiger partial charge in [-0.1, -0.05) is 13.0 Å². The molecule has 2 saturated carbocycles. The van der Waals surface area contributed by atoms with E-state index < -0.39 is 0 Å². The molecule has 2 heteroatoms. The van der Waals surface area contributed by atoms with Crippen molar-refractivity contribution < 1.29 is 9.47 Å². The topological polar surface area (TPSA) is 18.5 Å². The van der Waals surface area contributed by atoms with Gasteiger partial charge in [-0.3, -0.25) is 0 Å². The molecule has 0 aliphatic heterocycles. The molecule has 0 amide bonds. The van der Waals surface area contributed by atoms with E-state index in [9.17, 15) is 0 Å². The minimum absolute atomic E-state index is 0.0396. The fourth-order valence-electron chi connectivity index (χ4n) is 6.55. The van der Waals surface area contributed by atoms with Gasteiger partial charge in [0.15, 0.2) is 0 Å². The molecule has 3 aliphatic carbocycles. The highest BCUT2D eigenvalue weighted by atomic mass is 16.5. The van der Waals surface area contributed by atoms with Gasteiger partial charge in [0.2, 0.25) is 0 Å². The highest BCUT2D eigenvalue weighted by molar-refractivity contribution is 5.41. The first-order valence-electron chi connectivity index (χ1n) is 11.5. The molecule has 2 fully saturated rings. The third-order valence-corrected chi connectivity index (χ3v) is 7.53. The van der Waals surface area contributed by atoms with Crippen molar-refractivity contribution in [2.24, 2.45) is 17.3 Å². The molecule has 28 heavy (non-hydrogen) atoms. The van der Waals surface area contributed by atoms with Gasteiger partial charge in [0, 0.05) is 0 Å². The molecule has 0 N–H and O–H groups in total. The Bertz CT molecular complexity index is 723. The number of hydrogen-bond donors (Lipinski definition) is 0. The Morgan fingerprint density at radius 3 is 2.36 bits per heavy atom. The summed E-state index contributed by atoms with van der Waals surface area (Å²) in [5.41, 5.74) is 3.33. The van der Waals surface area contributed by atoms with Crippen LogP contribution in [0.5, 0.6) is 5.75 Å². The van der Waals surface area contributed by atoms with E-state index in [1.54, 1.807) is 5.56 Å². The highest BCUT2D eigenvalue weighted by Gasteiger charge is 2.55. The maximum Gasteiger partial charge on any atom is 0.120 e.